The molecule has 0 bridgehead atoms. The zero-order chi connectivity index (χ0) is 47.4. The number of nitrogens with one attached hydrogen (secondary N) is 2. The van der Waals surface area contributed by atoms with Gasteiger partial charge < -0.3 is 38.0 Å². The van der Waals surface area contributed by atoms with Gasteiger partial charge in [0.15, 0.2) is 17.4 Å². The second-order valence-electron chi connectivity index (χ2n) is 17.0. The minimum Gasteiger partial charge on any atom is -0.497 e. The van der Waals surface area contributed by atoms with Crippen LogP contribution in [0.15, 0.2) is 90.0 Å². The Balaban J connectivity index is 1.53. The quantitative estimate of drug-likeness (QED) is 0.0252. The van der Waals surface area contributed by atoms with Crippen molar-refractivity contribution in [3.05, 3.63) is 112 Å². The van der Waals surface area contributed by atoms with Crippen LogP contribution < -0.4 is 20.3 Å². The van der Waals surface area contributed by atoms with Crippen LogP contribution in [0.2, 0.25) is 0 Å². The van der Waals surface area contributed by atoms with Gasteiger partial charge in [0.05, 0.1) is 59.5 Å². The summed E-state index contributed by atoms with van der Waals surface area (Å²) in [6, 6.07) is 27.8. The fourth-order valence-electron chi connectivity index (χ4n) is 7.95. The third-order valence-electron chi connectivity index (χ3n) is 10.9. The molecule has 1 unspecified atom stereocenters. The van der Waals surface area contributed by atoms with E-state index in [-0.39, 0.29) is 56.4 Å². The van der Waals surface area contributed by atoms with Crippen LogP contribution in [0.5, 0.6) is 11.5 Å². The Morgan fingerprint density at radius 2 is 1.50 bits per heavy atom. The summed E-state index contributed by atoms with van der Waals surface area (Å²) in [5, 5.41) is 14.4. The van der Waals surface area contributed by atoms with Gasteiger partial charge in [-0.15, -0.1) is 0 Å². The van der Waals surface area contributed by atoms with Gasteiger partial charge in [-0.05, 0) is 74.6 Å². The number of aromatic amines is 1. The molecule has 2 aromatic heterocycles. The summed E-state index contributed by atoms with van der Waals surface area (Å²) >= 11 is 0. The first-order valence-corrected chi connectivity index (χ1v) is 23.5. The maximum Gasteiger partial charge on any atom is 0.280 e. The van der Waals surface area contributed by atoms with E-state index in [4.69, 9.17) is 42.6 Å². The van der Waals surface area contributed by atoms with Gasteiger partial charge in [-0.3, -0.25) is 19.2 Å². The van der Waals surface area contributed by atoms with Crippen molar-refractivity contribution in [2.45, 2.75) is 90.2 Å². The van der Waals surface area contributed by atoms with Gasteiger partial charge in [-0.2, -0.15) is 15.3 Å². The maximum atomic E-state index is 13.5. The summed E-state index contributed by atoms with van der Waals surface area (Å²) in [4.78, 5) is 31.5. The number of H-pyrrole nitrogens is 1. The Bertz CT molecular complexity index is 2300. The SMILES string of the molecule is COc1ccc(C(OC[C@H]2O[C@@H](n3cnc4c(=O)[nH]c(NCC(C)C)nc43)[C@H](OCCON(C)C)[C@@H]2OP(OCCC#N)N(C(C)C)C(C)C)(c2ccccc2)c2ccc(OC)cc2)cc1. The second-order valence-corrected chi connectivity index (χ2v) is 18.4. The number of hydrogen-bond acceptors (Lipinski definition) is 15. The highest BCUT2D eigenvalue weighted by Gasteiger charge is 2.52. The van der Waals surface area contributed by atoms with Crippen molar-refractivity contribution in [2.75, 3.05) is 66.6 Å². The normalized spacial score (nSPS) is 18.2. The Labute approximate surface area is 389 Å². The molecule has 17 nitrogen and oxygen atoms in total. The number of nitrogens with zero attached hydrogens (tertiary/aromatic N) is 6. The number of hydroxylamine groups is 2. The van der Waals surface area contributed by atoms with Gasteiger partial charge in [-0.1, -0.05) is 68.4 Å². The molecule has 18 heteroatoms. The monoisotopic (exact) mass is 928 g/mol. The summed E-state index contributed by atoms with van der Waals surface area (Å²) in [6.45, 7) is 13.5. The molecule has 3 aromatic carbocycles. The topological polar surface area (TPSA) is 180 Å². The van der Waals surface area contributed by atoms with Crippen LogP contribution in [0, 0.1) is 17.2 Å². The molecule has 6 rings (SSSR count). The highest BCUT2D eigenvalue weighted by molar-refractivity contribution is 7.44. The van der Waals surface area contributed by atoms with E-state index in [1.54, 1.807) is 44.3 Å². The van der Waals surface area contributed by atoms with E-state index in [9.17, 15) is 10.1 Å². The smallest absolute Gasteiger partial charge is 0.280 e. The van der Waals surface area contributed by atoms with Crippen LogP contribution in [-0.4, -0.2) is 121 Å². The summed E-state index contributed by atoms with van der Waals surface area (Å²) in [5.41, 5.74) is 1.35. The molecule has 5 aromatic rings. The van der Waals surface area contributed by atoms with E-state index in [0.29, 0.717) is 29.6 Å². The highest BCUT2D eigenvalue weighted by atomic mass is 31.2. The number of anilines is 1. The first-order chi connectivity index (χ1) is 31.8. The molecule has 2 N–H and O–H groups in total. The van der Waals surface area contributed by atoms with Gasteiger partial charge in [0.25, 0.3) is 14.1 Å². The second kappa shape index (κ2) is 23.6. The molecule has 1 aliphatic heterocycles. The van der Waals surface area contributed by atoms with Gasteiger partial charge >= 0.3 is 0 Å². The maximum absolute atomic E-state index is 13.5. The van der Waals surface area contributed by atoms with Crippen LogP contribution in [0.25, 0.3) is 11.2 Å². The minimum absolute atomic E-state index is 0.0000250. The number of imidazole rings is 1. The van der Waals surface area contributed by atoms with Gasteiger partial charge in [0.1, 0.15) is 35.4 Å². The van der Waals surface area contributed by atoms with E-state index in [0.717, 1.165) is 16.7 Å². The van der Waals surface area contributed by atoms with Crippen LogP contribution in [0.4, 0.5) is 5.95 Å². The molecule has 1 fully saturated rings. The lowest BCUT2D eigenvalue weighted by atomic mass is 9.80. The van der Waals surface area contributed by atoms with Crippen LogP contribution in [0.1, 0.15) is 70.9 Å². The summed E-state index contributed by atoms with van der Waals surface area (Å²) in [6.07, 6.45) is -1.77. The van der Waals surface area contributed by atoms with Crippen molar-refractivity contribution in [1.29, 1.82) is 5.26 Å². The van der Waals surface area contributed by atoms with Crippen molar-refractivity contribution in [2.24, 2.45) is 5.92 Å². The Kier molecular flexibility index (Phi) is 18.1. The van der Waals surface area contributed by atoms with Crippen molar-refractivity contribution in [1.82, 2.24) is 29.3 Å². The molecule has 0 saturated carbocycles. The number of methoxy groups -OCH3 is 2. The van der Waals surface area contributed by atoms with Gasteiger partial charge in [0, 0.05) is 32.7 Å². The fraction of sp³-hybridized carbons (Fsp3) is 0.500. The predicted octanol–water partition coefficient (Wildman–Crippen LogP) is 7.65. The van der Waals surface area contributed by atoms with Crippen molar-refractivity contribution in [3.63, 3.8) is 0 Å². The number of nitriles is 1. The van der Waals surface area contributed by atoms with E-state index >= 15 is 0 Å². The number of ether oxygens (including phenoxy) is 5. The zero-order valence-electron chi connectivity index (χ0n) is 39.7. The number of fused-ring (bicyclic) bond motifs is 1. The fourth-order valence-corrected chi connectivity index (χ4v) is 9.72. The molecular weight excluding hydrogens is 864 g/mol. The minimum atomic E-state index is -1.83. The molecule has 0 aliphatic carbocycles. The molecule has 5 atom stereocenters. The summed E-state index contributed by atoms with van der Waals surface area (Å²) in [7, 11) is 5.04. The van der Waals surface area contributed by atoms with Crippen LogP contribution in [-0.2, 0) is 33.7 Å². The Morgan fingerprint density at radius 3 is 2.06 bits per heavy atom. The molecule has 0 radical (unpaired) electrons. The predicted molar refractivity (Wildman–Crippen MR) is 253 cm³/mol. The van der Waals surface area contributed by atoms with Crippen molar-refractivity contribution >= 4 is 25.6 Å². The first-order valence-electron chi connectivity index (χ1n) is 22.3. The average Bonchev–Trinajstić information content (AvgIpc) is 3.88. The van der Waals surface area contributed by atoms with E-state index in [2.05, 4.69) is 67.6 Å². The molecule has 0 spiro atoms. The summed E-state index contributed by atoms with van der Waals surface area (Å²) in [5.74, 6) is 1.97. The number of aromatic nitrogens is 4. The molecule has 3 heterocycles. The molecular formula is C48H65N8O9P. The first kappa shape index (κ1) is 50.4. The zero-order valence-corrected chi connectivity index (χ0v) is 40.6. The van der Waals surface area contributed by atoms with Crippen molar-refractivity contribution < 1.29 is 37.6 Å². The third kappa shape index (κ3) is 11.9. The number of hydrogen-bond donors (Lipinski definition) is 2. The molecule has 66 heavy (non-hydrogen) atoms. The van der Waals surface area contributed by atoms with Crippen LogP contribution >= 0.6 is 8.53 Å². The molecule has 1 aliphatic rings. The van der Waals surface area contributed by atoms with E-state index < -0.39 is 44.2 Å². The van der Waals surface area contributed by atoms with Gasteiger partial charge in [-0.25, -0.2) is 9.65 Å². The Hall–Kier alpha value is -4.99. The average molecular weight is 929 g/mol. The molecule has 356 valence electrons. The van der Waals surface area contributed by atoms with Crippen LogP contribution in [0.3, 0.4) is 0 Å². The third-order valence-corrected chi connectivity index (χ3v) is 13.1. The van der Waals surface area contributed by atoms with E-state index in [1.165, 1.54) is 0 Å². The number of rotatable bonds is 25. The lowest BCUT2D eigenvalue weighted by Crippen LogP contribution is -2.43. The lowest BCUT2D eigenvalue weighted by Gasteiger charge is -2.39. The largest absolute Gasteiger partial charge is 0.497 e. The standard InChI is InChI=1S/C48H65N8O9P/c1-32(2)29-50-47-52-44-41(45(57)53-47)51-31-55(44)46-43(60-27-28-62-54(7)8)42(65-66(63-26-14-25-49)56(33(3)4)34(5)6)40(64-46)30-61-48(35-15-12-11-13-16-35,36-17-21-38(58-9)22-18-36)37-19-23-39(59-10)24-20-37/h11-13,15-24,31-34,40,42-43,46H,14,26-30H2,1-10H3,(H2,50,52,53,57)/t40-,42-,43-,46-,66?/m1/s1. The van der Waals surface area contributed by atoms with Gasteiger partial charge in [0.2, 0.25) is 5.95 Å². The lowest BCUT2D eigenvalue weighted by molar-refractivity contribution is -0.150. The molecule has 1 saturated heterocycles. The molecule has 0 amide bonds. The van der Waals surface area contributed by atoms with Crippen molar-refractivity contribution in [3.8, 4) is 17.6 Å². The summed E-state index contributed by atoms with van der Waals surface area (Å²) < 4.78 is 50.3. The Morgan fingerprint density at radius 1 is 0.879 bits per heavy atom. The van der Waals surface area contributed by atoms with E-state index in [1.807, 2.05) is 78.9 Å². The number of benzene rings is 3. The highest BCUT2D eigenvalue weighted by Crippen LogP contribution is 2.51.